The molecule has 0 aliphatic heterocycles. The van der Waals surface area contributed by atoms with Gasteiger partial charge in [0.15, 0.2) is 0 Å². The van der Waals surface area contributed by atoms with Crippen LogP contribution >= 0.6 is 23.2 Å². The Labute approximate surface area is 166 Å². The zero-order valence-electron chi connectivity index (χ0n) is 14.8. The highest BCUT2D eigenvalue weighted by Crippen LogP contribution is 2.20. The van der Waals surface area contributed by atoms with Crippen LogP contribution < -0.4 is 10.6 Å². The number of rotatable bonds is 6. The third kappa shape index (κ3) is 4.56. The highest BCUT2D eigenvalue weighted by molar-refractivity contribution is 6.36. The third-order valence-corrected chi connectivity index (χ3v) is 4.59. The van der Waals surface area contributed by atoms with Crippen molar-refractivity contribution in [2.75, 3.05) is 18.4 Å². The van der Waals surface area contributed by atoms with E-state index in [-0.39, 0.29) is 5.91 Å². The molecule has 1 aromatic carbocycles. The van der Waals surface area contributed by atoms with E-state index in [2.05, 4.69) is 25.6 Å². The first-order chi connectivity index (χ1) is 13.0. The first-order valence-electron chi connectivity index (χ1n) is 8.26. The van der Waals surface area contributed by atoms with Gasteiger partial charge in [-0.1, -0.05) is 23.2 Å². The van der Waals surface area contributed by atoms with E-state index < -0.39 is 0 Å². The van der Waals surface area contributed by atoms with Crippen LogP contribution in [0, 0.1) is 13.8 Å². The van der Waals surface area contributed by atoms with Crippen molar-refractivity contribution < 1.29 is 4.79 Å². The molecule has 7 nitrogen and oxygen atoms in total. The number of halogens is 2. The molecule has 3 aromatic rings. The van der Waals surface area contributed by atoms with Gasteiger partial charge in [0.25, 0.3) is 5.91 Å². The fourth-order valence-corrected chi connectivity index (χ4v) is 2.93. The molecule has 0 fully saturated rings. The molecule has 9 heteroatoms. The molecule has 0 spiro atoms. The number of carbonyl (C=O) groups excluding carboxylic acids is 1. The van der Waals surface area contributed by atoms with Crippen LogP contribution in [0.15, 0.2) is 36.9 Å². The number of hydrogen-bond acceptors (Lipinski definition) is 5. The van der Waals surface area contributed by atoms with E-state index in [0.717, 1.165) is 17.2 Å². The molecule has 0 radical (unpaired) electrons. The van der Waals surface area contributed by atoms with Crippen LogP contribution in [0.25, 0.3) is 5.82 Å². The van der Waals surface area contributed by atoms with Crippen molar-refractivity contribution in [2.45, 2.75) is 13.8 Å². The van der Waals surface area contributed by atoms with Crippen molar-refractivity contribution >= 4 is 34.9 Å². The van der Waals surface area contributed by atoms with Gasteiger partial charge in [0, 0.05) is 29.9 Å². The molecule has 0 atom stereocenters. The molecule has 1 amide bonds. The molecule has 0 unspecified atom stereocenters. The van der Waals surface area contributed by atoms with E-state index in [0.29, 0.717) is 34.5 Å². The van der Waals surface area contributed by atoms with Crippen molar-refractivity contribution in [3.63, 3.8) is 0 Å². The number of benzene rings is 1. The lowest BCUT2D eigenvalue weighted by Gasteiger charge is -2.10. The molecule has 0 aliphatic carbocycles. The van der Waals surface area contributed by atoms with E-state index in [1.165, 1.54) is 6.33 Å². The Balaban J connectivity index is 1.56. The maximum absolute atomic E-state index is 12.2. The van der Waals surface area contributed by atoms with Crippen LogP contribution in [0.2, 0.25) is 10.0 Å². The lowest BCUT2D eigenvalue weighted by Crippen LogP contribution is -2.29. The molecule has 3 rings (SSSR count). The Morgan fingerprint density at radius 1 is 1.11 bits per heavy atom. The van der Waals surface area contributed by atoms with Crippen molar-refractivity contribution in [3.8, 4) is 5.82 Å². The number of amides is 1. The van der Waals surface area contributed by atoms with Crippen LogP contribution in [0.5, 0.6) is 0 Å². The summed E-state index contributed by atoms with van der Waals surface area (Å²) in [6, 6.07) is 6.59. The Morgan fingerprint density at radius 2 is 1.93 bits per heavy atom. The van der Waals surface area contributed by atoms with Gasteiger partial charge in [-0.05, 0) is 32.0 Å². The zero-order valence-corrected chi connectivity index (χ0v) is 16.3. The Kier molecular flexibility index (Phi) is 5.93. The summed E-state index contributed by atoms with van der Waals surface area (Å²) in [5.41, 5.74) is 2.36. The summed E-state index contributed by atoms with van der Waals surface area (Å²) in [6.45, 7) is 4.83. The Morgan fingerprint density at radius 3 is 2.63 bits per heavy atom. The molecule has 27 heavy (non-hydrogen) atoms. The number of imidazole rings is 1. The molecule has 0 bridgehead atoms. The number of hydrogen-bond donors (Lipinski definition) is 2. The summed E-state index contributed by atoms with van der Waals surface area (Å²) in [7, 11) is 0. The minimum atomic E-state index is -0.258. The van der Waals surface area contributed by atoms with Crippen molar-refractivity contribution in [3.05, 3.63) is 63.9 Å². The normalized spacial score (nSPS) is 10.7. The van der Waals surface area contributed by atoms with Crippen LogP contribution in [0.4, 0.5) is 5.82 Å². The zero-order chi connectivity index (χ0) is 19.4. The van der Waals surface area contributed by atoms with Gasteiger partial charge in [0.1, 0.15) is 24.3 Å². The van der Waals surface area contributed by atoms with E-state index in [1.807, 2.05) is 24.5 Å². The fourth-order valence-electron chi connectivity index (χ4n) is 2.44. The topological polar surface area (TPSA) is 84.7 Å². The second-order valence-electron chi connectivity index (χ2n) is 5.85. The van der Waals surface area contributed by atoms with E-state index in [1.54, 1.807) is 24.5 Å². The van der Waals surface area contributed by atoms with Gasteiger partial charge in [0.2, 0.25) is 0 Å². The predicted molar refractivity (Wildman–Crippen MR) is 106 cm³/mol. The molecule has 0 saturated heterocycles. The van der Waals surface area contributed by atoms with Gasteiger partial charge in [-0.2, -0.15) is 0 Å². The monoisotopic (exact) mass is 404 g/mol. The van der Waals surface area contributed by atoms with Gasteiger partial charge < -0.3 is 10.6 Å². The Hall–Kier alpha value is -2.64. The van der Waals surface area contributed by atoms with E-state index >= 15 is 0 Å². The molecular weight excluding hydrogens is 387 g/mol. The number of anilines is 1. The highest BCUT2D eigenvalue weighted by Gasteiger charge is 2.10. The molecule has 2 heterocycles. The number of aromatic nitrogens is 4. The second-order valence-corrected chi connectivity index (χ2v) is 6.70. The summed E-state index contributed by atoms with van der Waals surface area (Å²) < 4.78 is 1.90. The highest BCUT2D eigenvalue weighted by atomic mass is 35.5. The lowest BCUT2D eigenvalue weighted by atomic mass is 10.2. The van der Waals surface area contributed by atoms with Gasteiger partial charge in [-0.25, -0.2) is 15.0 Å². The van der Waals surface area contributed by atoms with Gasteiger partial charge >= 0.3 is 0 Å². The van der Waals surface area contributed by atoms with Crippen molar-refractivity contribution in [1.29, 1.82) is 0 Å². The summed E-state index contributed by atoms with van der Waals surface area (Å²) >= 11 is 11.9. The summed E-state index contributed by atoms with van der Waals surface area (Å²) in [4.78, 5) is 24.9. The first-order valence-corrected chi connectivity index (χ1v) is 9.01. The molecule has 2 N–H and O–H groups in total. The second kappa shape index (κ2) is 8.37. The summed E-state index contributed by atoms with van der Waals surface area (Å²) in [5.74, 6) is 1.12. The molecule has 2 aromatic heterocycles. The third-order valence-electron chi connectivity index (χ3n) is 4.04. The lowest BCUT2D eigenvalue weighted by molar-refractivity contribution is 0.0955. The smallest absolute Gasteiger partial charge is 0.252 e. The van der Waals surface area contributed by atoms with Gasteiger partial charge in [-0.15, -0.1) is 0 Å². The average Bonchev–Trinajstić information content (AvgIpc) is 2.98. The first kappa shape index (κ1) is 19.1. The summed E-state index contributed by atoms with van der Waals surface area (Å²) in [6.07, 6.45) is 3.21. The molecule has 0 aliphatic rings. The fraction of sp³-hybridized carbons (Fsp3) is 0.222. The standard InChI is InChI=1S/C18H18Cl2N6O/c1-11-12(2)26(10-25-11)17-8-16(23-9-24-17)21-5-6-22-18(27)14-4-3-13(19)7-15(14)20/h3-4,7-10H,5-6H2,1-2H3,(H,22,27)(H,21,23,24). The minimum absolute atomic E-state index is 0.258. The molecule has 0 saturated carbocycles. The van der Waals surface area contributed by atoms with Crippen LogP contribution in [0.1, 0.15) is 21.7 Å². The maximum Gasteiger partial charge on any atom is 0.252 e. The number of carbonyl (C=O) groups is 1. The van der Waals surface area contributed by atoms with Gasteiger partial charge in [-0.3, -0.25) is 9.36 Å². The predicted octanol–water partition coefficient (Wildman–Crippen LogP) is 3.43. The van der Waals surface area contributed by atoms with E-state index in [9.17, 15) is 4.79 Å². The van der Waals surface area contributed by atoms with Crippen LogP contribution in [0.3, 0.4) is 0 Å². The largest absolute Gasteiger partial charge is 0.368 e. The van der Waals surface area contributed by atoms with Crippen LogP contribution in [-0.4, -0.2) is 38.5 Å². The van der Waals surface area contributed by atoms with Crippen molar-refractivity contribution in [1.82, 2.24) is 24.8 Å². The van der Waals surface area contributed by atoms with Crippen molar-refractivity contribution in [2.24, 2.45) is 0 Å². The Bertz CT molecular complexity index is 972. The number of nitrogens with one attached hydrogen (secondary N) is 2. The number of aryl methyl sites for hydroxylation is 1. The van der Waals surface area contributed by atoms with Gasteiger partial charge in [0.05, 0.1) is 16.3 Å². The maximum atomic E-state index is 12.2. The SMILES string of the molecule is Cc1ncn(-c2cc(NCCNC(=O)c3ccc(Cl)cc3Cl)ncn2)c1C. The molecular formula is C18H18Cl2N6O. The average molecular weight is 405 g/mol. The minimum Gasteiger partial charge on any atom is -0.368 e. The van der Waals surface area contributed by atoms with E-state index in [4.69, 9.17) is 23.2 Å². The molecule has 140 valence electrons. The quantitative estimate of drug-likeness (QED) is 0.614. The van der Waals surface area contributed by atoms with Crippen LogP contribution in [-0.2, 0) is 0 Å². The summed E-state index contributed by atoms with van der Waals surface area (Å²) in [5, 5.41) is 6.76. The number of nitrogens with zero attached hydrogens (tertiary/aromatic N) is 4.